The molecule has 0 spiro atoms. The number of hydrogen-bond acceptors (Lipinski definition) is 5. The van der Waals surface area contributed by atoms with Gasteiger partial charge >= 0.3 is 0 Å². The lowest BCUT2D eigenvalue weighted by atomic mass is 9.69. The quantitative estimate of drug-likeness (QED) is 0.493. The number of hydrogen-bond donors (Lipinski definition) is 1. The van der Waals surface area contributed by atoms with Crippen molar-refractivity contribution in [3.63, 3.8) is 0 Å². The monoisotopic (exact) mass is 437 g/mol. The Labute approximate surface area is 186 Å². The predicted molar refractivity (Wildman–Crippen MR) is 122 cm³/mol. The highest BCUT2D eigenvalue weighted by atomic mass is 19.3. The zero-order valence-corrected chi connectivity index (χ0v) is 18.5. The van der Waals surface area contributed by atoms with E-state index in [1.54, 1.807) is 31.3 Å². The molecule has 0 aliphatic heterocycles. The van der Waals surface area contributed by atoms with Gasteiger partial charge in [0.15, 0.2) is 5.65 Å². The number of alkyl halides is 2. The van der Waals surface area contributed by atoms with Gasteiger partial charge in [0.25, 0.3) is 6.43 Å². The molecule has 4 heterocycles. The van der Waals surface area contributed by atoms with Crippen LogP contribution < -0.4 is 11.3 Å². The zero-order chi connectivity index (χ0) is 23.0. The van der Waals surface area contributed by atoms with E-state index in [1.807, 2.05) is 0 Å². The lowest BCUT2D eigenvalue weighted by Gasteiger charge is -2.37. The van der Waals surface area contributed by atoms with Gasteiger partial charge in [0.2, 0.25) is 5.95 Å². The summed E-state index contributed by atoms with van der Waals surface area (Å²) < 4.78 is 28.6. The van der Waals surface area contributed by atoms with Gasteiger partial charge in [-0.2, -0.15) is 0 Å². The standard InChI is InChI=1S/C15H12BF2N7.C7H14/c1-7-20-10-3-2-9(21-14(10)24(7)6-11(17)18)8-4-5-25-12(8)13(16)22-15(19)23-25;1-3-7(2)5-4-6-7/h2-5,11H,6H2,1H3,(H2,19,23);3-6H2,1-2H3. The minimum Gasteiger partial charge on any atom is -0.367 e. The Morgan fingerprint density at radius 2 is 1.94 bits per heavy atom. The molecule has 166 valence electrons. The smallest absolute Gasteiger partial charge is 0.256 e. The minimum atomic E-state index is -2.50. The summed E-state index contributed by atoms with van der Waals surface area (Å²) in [6.07, 6.45) is 5.00. The van der Waals surface area contributed by atoms with Gasteiger partial charge in [-0.3, -0.25) is 0 Å². The summed E-state index contributed by atoms with van der Waals surface area (Å²) in [7, 11) is 5.96. The maximum absolute atomic E-state index is 12.9. The van der Waals surface area contributed by atoms with Gasteiger partial charge in [-0.05, 0) is 43.4 Å². The first kappa shape index (κ1) is 22.2. The molecule has 7 nitrogen and oxygen atoms in total. The van der Waals surface area contributed by atoms with Crippen LogP contribution in [0.2, 0.25) is 0 Å². The Morgan fingerprint density at radius 3 is 2.53 bits per heavy atom. The zero-order valence-electron chi connectivity index (χ0n) is 18.5. The fraction of sp³-hybridized carbons (Fsp3) is 0.455. The fourth-order valence-electron chi connectivity index (χ4n) is 4.03. The maximum Gasteiger partial charge on any atom is 0.256 e. The first-order valence-electron chi connectivity index (χ1n) is 10.7. The number of aryl methyl sites for hydroxylation is 1. The largest absolute Gasteiger partial charge is 0.367 e. The average molecular weight is 437 g/mol. The first-order valence-corrected chi connectivity index (χ1v) is 10.7. The van der Waals surface area contributed by atoms with Crippen LogP contribution in [0.25, 0.3) is 27.9 Å². The molecule has 0 unspecified atom stereocenters. The number of nitrogens with zero attached hydrogens (tertiary/aromatic N) is 6. The molecule has 2 N–H and O–H groups in total. The van der Waals surface area contributed by atoms with Gasteiger partial charge in [-0.15, -0.1) is 5.10 Å². The molecule has 0 bridgehead atoms. The van der Waals surface area contributed by atoms with Crippen LogP contribution in [0.5, 0.6) is 0 Å². The molecule has 0 saturated heterocycles. The fourth-order valence-corrected chi connectivity index (χ4v) is 4.03. The molecule has 10 heteroatoms. The van der Waals surface area contributed by atoms with Crippen molar-refractivity contribution in [2.45, 2.75) is 59.4 Å². The number of pyridine rings is 1. The molecule has 0 amide bonds. The summed E-state index contributed by atoms with van der Waals surface area (Å²) in [4.78, 5) is 12.8. The van der Waals surface area contributed by atoms with Crippen molar-refractivity contribution in [1.29, 1.82) is 0 Å². The number of halogens is 2. The van der Waals surface area contributed by atoms with Crippen LogP contribution in [0, 0.1) is 12.3 Å². The summed E-state index contributed by atoms with van der Waals surface area (Å²) in [6.45, 7) is 5.89. The summed E-state index contributed by atoms with van der Waals surface area (Å²) in [5, 5.41) is 4.06. The molecule has 1 aliphatic carbocycles. The molecule has 4 aromatic heterocycles. The lowest BCUT2D eigenvalue weighted by molar-refractivity contribution is 0.127. The topological polar surface area (TPSA) is 86.9 Å². The molecule has 0 aromatic carbocycles. The highest BCUT2D eigenvalue weighted by molar-refractivity contribution is 6.36. The van der Waals surface area contributed by atoms with Crippen LogP contribution >= 0.6 is 0 Å². The number of imidazole rings is 1. The van der Waals surface area contributed by atoms with E-state index in [0.717, 1.165) is 5.41 Å². The van der Waals surface area contributed by atoms with E-state index in [0.29, 0.717) is 33.8 Å². The minimum absolute atomic E-state index is 0.0567. The molecule has 4 aromatic rings. The number of rotatable bonds is 4. The highest BCUT2D eigenvalue weighted by Crippen LogP contribution is 2.42. The Kier molecular flexibility index (Phi) is 5.88. The van der Waals surface area contributed by atoms with Crippen LogP contribution in [0.1, 0.15) is 45.4 Å². The summed E-state index contributed by atoms with van der Waals surface area (Å²) >= 11 is 0. The van der Waals surface area contributed by atoms with Crippen molar-refractivity contribution in [2.24, 2.45) is 5.41 Å². The van der Waals surface area contributed by atoms with Crippen molar-refractivity contribution >= 4 is 36.1 Å². The maximum atomic E-state index is 12.9. The van der Waals surface area contributed by atoms with Crippen LogP contribution in [0.3, 0.4) is 0 Å². The van der Waals surface area contributed by atoms with Crippen LogP contribution in [-0.4, -0.2) is 43.4 Å². The first-order chi connectivity index (χ1) is 15.2. The van der Waals surface area contributed by atoms with Crippen LogP contribution in [-0.2, 0) is 6.54 Å². The van der Waals surface area contributed by atoms with Crippen LogP contribution in [0.4, 0.5) is 14.7 Å². The Morgan fingerprint density at radius 1 is 1.19 bits per heavy atom. The van der Waals surface area contributed by atoms with Crippen molar-refractivity contribution in [1.82, 2.24) is 29.1 Å². The van der Waals surface area contributed by atoms with E-state index in [-0.39, 0.29) is 11.5 Å². The third-order valence-corrected chi connectivity index (χ3v) is 6.35. The van der Waals surface area contributed by atoms with E-state index in [9.17, 15) is 8.78 Å². The molecule has 5 rings (SSSR count). The van der Waals surface area contributed by atoms with Gasteiger partial charge in [-0.25, -0.2) is 28.2 Å². The second-order valence-corrected chi connectivity index (χ2v) is 8.60. The van der Waals surface area contributed by atoms with Gasteiger partial charge in [0.05, 0.1) is 17.8 Å². The Balaban J connectivity index is 0.000000300. The van der Waals surface area contributed by atoms with Gasteiger partial charge in [0, 0.05) is 17.4 Å². The molecule has 32 heavy (non-hydrogen) atoms. The molecular formula is C22H26BF2N7. The number of nitrogen functional groups attached to an aromatic ring is 1. The van der Waals surface area contributed by atoms with Crippen molar-refractivity contribution in [3.8, 4) is 11.3 Å². The third kappa shape index (κ3) is 4.18. The molecule has 1 aliphatic rings. The predicted octanol–water partition coefficient (Wildman–Crippen LogP) is 3.68. The van der Waals surface area contributed by atoms with Crippen LogP contribution in [0.15, 0.2) is 24.4 Å². The molecule has 0 atom stereocenters. The molecular weight excluding hydrogens is 411 g/mol. The van der Waals surface area contributed by atoms with E-state index in [4.69, 9.17) is 13.6 Å². The normalized spacial score (nSPS) is 15.1. The van der Waals surface area contributed by atoms with Gasteiger partial charge in [-0.1, -0.05) is 26.7 Å². The molecule has 2 radical (unpaired) electrons. The highest BCUT2D eigenvalue weighted by Gasteiger charge is 2.28. The number of aromatic nitrogens is 6. The van der Waals surface area contributed by atoms with Gasteiger partial charge < -0.3 is 10.3 Å². The second-order valence-electron chi connectivity index (χ2n) is 8.60. The SMILES string of the molecule is CCC1(C)CCC1.[B]c1nc(N)nn2ccc(-c3ccc4nc(C)n(CC(F)F)c4n3)c12. The molecule has 1 saturated carbocycles. The summed E-state index contributed by atoms with van der Waals surface area (Å²) in [5.41, 5.74) is 9.32. The number of nitrogens with two attached hydrogens (primary N) is 1. The summed E-state index contributed by atoms with van der Waals surface area (Å²) in [5.74, 6) is 0.540. The molecule has 1 fully saturated rings. The third-order valence-electron chi connectivity index (χ3n) is 6.35. The Hall–Kier alpha value is -3.04. The van der Waals surface area contributed by atoms with E-state index in [2.05, 4.69) is 33.9 Å². The van der Waals surface area contributed by atoms with Crippen molar-refractivity contribution < 1.29 is 8.78 Å². The van der Waals surface area contributed by atoms with Crippen molar-refractivity contribution in [2.75, 3.05) is 5.73 Å². The average Bonchev–Trinajstić information content (AvgIpc) is 3.27. The number of anilines is 1. The van der Waals surface area contributed by atoms with E-state index >= 15 is 0 Å². The number of fused-ring (bicyclic) bond motifs is 2. The lowest BCUT2D eigenvalue weighted by Crippen LogP contribution is -2.23. The second kappa shape index (κ2) is 8.48. The summed E-state index contributed by atoms with van der Waals surface area (Å²) in [6, 6.07) is 5.27. The van der Waals surface area contributed by atoms with Gasteiger partial charge in [0.1, 0.15) is 19.2 Å². The van der Waals surface area contributed by atoms with Crippen molar-refractivity contribution in [3.05, 3.63) is 30.2 Å². The van der Waals surface area contributed by atoms with E-state index < -0.39 is 13.0 Å². The van der Waals surface area contributed by atoms with E-state index in [1.165, 1.54) is 34.8 Å². The Bertz CT molecular complexity index is 1250.